The van der Waals surface area contributed by atoms with Gasteiger partial charge in [-0.25, -0.2) is 4.98 Å². The third-order valence-electron chi connectivity index (χ3n) is 2.71. The van der Waals surface area contributed by atoms with Crippen molar-refractivity contribution in [3.63, 3.8) is 0 Å². The Bertz CT molecular complexity index is 322. The fourth-order valence-electron chi connectivity index (χ4n) is 1.69. The van der Waals surface area contributed by atoms with Gasteiger partial charge in [0.15, 0.2) is 0 Å². The number of halogens is 1. The molecular formula is C13H21ClN2O. The van der Waals surface area contributed by atoms with Crippen LogP contribution in [0.15, 0.2) is 12.1 Å². The third-order valence-corrected chi connectivity index (χ3v) is 3.02. The topological polar surface area (TPSA) is 25.4 Å². The normalized spacial score (nSPS) is 10.6. The number of rotatable bonds is 7. The molecule has 1 aromatic heterocycles. The Morgan fingerprint density at radius 1 is 1.35 bits per heavy atom. The van der Waals surface area contributed by atoms with Crippen molar-refractivity contribution in [2.45, 2.75) is 26.1 Å². The van der Waals surface area contributed by atoms with E-state index in [0.29, 0.717) is 12.5 Å². The van der Waals surface area contributed by atoms with Crippen molar-refractivity contribution in [3.05, 3.63) is 23.4 Å². The van der Waals surface area contributed by atoms with Crippen LogP contribution in [0.2, 0.25) is 0 Å². The highest BCUT2D eigenvalue weighted by molar-refractivity contribution is 6.17. The van der Waals surface area contributed by atoms with E-state index in [4.69, 9.17) is 16.3 Å². The average molecular weight is 257 g/mol. The summed E-state index contributed by atoms with van der Waals surface area (Å²) in [4.78, 5) is 6.84. The van der Waals surface area contributed by atoms with Crippen LogP contribution in [0.25, 0.3) is 0 Å². The number of hydrogen-bond donors (Lipinski definition) is 0. The molecule has 0 saturated heterocycles. The predicted molar refractivity (Wildman–Crippen MR) is 72.9 cm³/mol. The molecule has 4 heteroatoms. The molecule has 0 atom stereocenters. The molecule has 0 spiro atoms. The van der Waals surface area contributed by atoms with Crippen LogP contribution in [0.1, 0.15) is 25.1 Å². The average Bonchev–Trinajstić information content (AvgIpc) is 2.39. The van der Waals surface area contributed by atoms with E-state index < -0.39 is 0 Å². The molecule has 0 aliphatic heterocycles. The SMILES string of the molecule is CCc1cc(CCl)cc(N(CC)CCOC)n1. The fourth-order valence-corrected chi connectivity index (χ4v) is 1.84. The molecule has 0 saturated carbocycles. The Morgan fingerprint density at radius 3 is 2.65 bits per heavy atom. The van der Waals surface area contributed by atoms with E-state index in [1.807, 2.05) is 0 Å². The molecule has 1 heterocycles. The van der Waals surface area contributed by atoms with Crippen LogP contribution >= 0.6 is 11.6 Å². The van der Waals surface area contributed by atoms with Gasteiger partial charge in [-0.3, -0.25) is 0 Å². The monoisotopic (exact) mass is 256 g/mol. The van der Waals surface area contributed by atoms with Gasteiger partial charge < -0.3 is 9.64 Å². The maximum absolute atomic E-state index is 5.91. The van der Waals surface area contributed by atoms with Crippen LogP contribution in [-0.2, 0) is 17.0 Å². The highest BCUT2D eigenvalue weighted by Gasteiger charge is 2.08. The Balaban J connectivity index is 2.92. The summed E-state index contributed by atoms with van der Waals surface area (Å²) >= 11 is 5.91. The second kappa shape index (κ2) is 7.51. The Hall–Kier alpha value is -0.800. The van der Waals surface area contributed by atoms with E-state index in [-0.39, 0.29) is 0 Å². The lowest BCUT2D eigenvalue weighted by molar-refractivity contribution is 0.205. The van der Waals surface area contributed by atoms with Gasteiger partial charge in [-0.2, -0.15) is 0 Å². The molecular weight excluding hydrogens is 236 g/mol. The van der Waals surface area contributed by atoms with E-state index in [9.17, 15) is 0 Å². The van der Waals surface area contributed by atoms with Crippen LogP contribution < -0.4 is 4.90 Å². The molecule has 17 heavy (non-hydrogen) atoms. The number of methoxy groups -OCH3 is 1. The summed E-state index contributed by atoms with van der Waals surface area (Å²) in [7, 11) is 1.72. The number of pyridine rings is 1. The molecule has 0 fully saturated rings. The summed E-state index contributed by atoms with van der Waals surface area (Å²) in [6.45, 7) is 6.72. The first kappa shape index (κ1) is 14.3. The molecule has 0 aromatic carbocycles. The Kier molecular flexibility index (Phi) is 6.30. The second-order valence-corrected chi connectivity index (χ2v) is 4.15. The molecule has 0 aliphatic rings. The zero-order chi connectivity index (χ0) is 12.7. The van der Waals surface area contributed by atoms with Gasteiger partial charge in [0.2, 0.25) is 0 Å². The van der Waals surface area contributed by atoms with Crippen molar-refractivity contribution in [3.8, 4) is 0 Å². The van der Waals surface area contributed by atoms with Crippen LogP contribution in [-0.4, -0.2) is 31.8 Å². The van der Waals surface area contributed by atoms with Crippen molar-refractivity contribution in [1.29, 1.82) is 0 Å². The molecule has 0 amide bonds. The molecule has 0 N–H and O–H groups in total. The highest BCUT2D eigenvalue weighted by Crippen LogP contribution is 2.17. The number of likely N-dealkylation sites (N-methyl/N-ethyl adjacent to an activating group) is 1. The third kappa shape index (κ3) is 4.17. The minimum Gasteiger partial charge on any atom is -0.383 e. The largest absolute Gasteiger partial charge is 0.383 e. The van der Waals surface area contributed by atoms with Crippen molar-refractivity contribution in [2.75, 3.05) is 31.7 Å². The summed E-state index contributed by atoms with van der Waals surface area (Å²) in [6.07, 6.45) is 0.930. The van der Waals surface area contributed by atoms with Gasteiger partial charge in [0.1, 0.15) is 5.82 Å². The van der Waals surface area contributed by atoms with E-state index in [2.05, 4.69) is 35.9 Å². The minimum atomic E-state index is 0.532. The van der Waals surface area contributed by atoms with Crippen molar-refractivity contribution in [2.24, 2.45) is 0 Å². The van der Waals surface area contributed by atoms with Gasteiger partial charge in [0.05, 0.1) is 6.61 Å². The van der Waals surface area contributed by atoms with Crippen LogP contribution in [0.3, 0.4) is 0 Å². The second-order valence-electron chi connectivity index (χ2n) is 3.88. The summed E-state index contributed by atoms with van der Waals surface area (Å²) in [5.74, 6) is 1.53. The predicted octanol–water partition coefficient (Wildman–Crippen LogP) is 2.86. The quantitative estimate of drug-likeness (QED) is 0.702. The first-order chi connectivity index (χ1) is 8.24. The lowest BCUT2D eigenvalue weighted by Gasteiger charge is -2.22. The van der Waals surface area contributed by atoms with Crippen molar-refractivity contribution < 1.29 is 4.74 Å². The molecule has 0 aliphatic carbocycles. The van der Waals surface area contributed by atoms with E-state index in [1.54, 1.807) is 7.11 Å². The van der Waals surface area contributed by atoms with E-state index >= 15 is 0 Å². The zero-order valence-electron chi connectivity index (χ0n) is 10.9. The summed E-state index contributed by atoms with van der Waals surface area (Å²) in [5.41, 5.74) is 2.22. The summed E-state index contributed by atoms with van der Waals surface area (Å²) in [5, 5.41) is 0. The molecule has 1 rings (SSSR count). The molecule has 1 aromatic rings. The number of aromatic nitrogens is 1. The van der Waals surface area contributed by atoms with Gasteiger partial charge in [0, 0.05) is 31.8 Å². The number of hydrogen-bond acceptors (Lipinski definition) is 3. The first-order valence-corrected chi connectivity index (χ1v) is 6.58. The van der Waals surface area contributed by atoms with Gasteiger partial charge in [-0.15, -0.1) is 11.6 Å². The lowest BCUT2D eigenvalue weighted by Crippen LogP contribution is -2.28. The van der Waals surface area contributed by atoms with Crippen LogP contribution in [0.5, 0.6) is 0 Å². The molecule has 96 valence electrons. The standard InChI is InChI=1S/C13H21ClN2O/c1-4-12-8-11(10-14)9-13(15-12)16(5-2)6-7-17-3/h8-9H,4-7,10H2,1-3H3. The summed E-state index contributed by atoms with van der Waals surface area (Å²) in [6, 6.07) is 4.13. The number of aryl methyl sites for hydroxylation is 1. The van der Waals surface area contributed by atoms with E-state index in [1.165, 1.54) is 0 Å². The number of nitrogens with zero attached hydrogens (tertiary/aromatic N) is 2. The number of anilines is 1. The summed E-state index contributed by atoms with van der Waals surface area (Å²) < 4.78 is 5.11. The van der Waals surface area contributed by atoms with Gasteiger partial charge in [0.25, 0.3) is 0 Å². The maximum Gasteiger partial charge on any atom is 0.129 e. The molecule has 3 nitrogen and oxygen atoms in total. The Morgan fingerprint density at radius 2 is 2.12 bits per heavy atom. The van der Waals surface area contributed by atoms with Crippen LogP contribution in [0.4, 0.5) is 5.82 Å². The highest BCUT2D eigenvalue weighted by atomic mass is 35.5. The van der Waals surface area contributed by atoms with Gasteiger partial charge in [-0.1, -0.05) is 6.92 Å². The molecule has 0 unspecified atom stereocenters. The fraction of sp³-hybridized carbons (Fsp3) is 0.615. The van der Waals surface area contributed by atoms with E-state index in [0.717, 1.165) is 36.6 Å². The maximum atomic E-state index is 5.91. The van der Waals surface area contributed by atoms with Crippen molar-refractivity contribution >= 4 is 17.4 Å². The minimum absolute atomic E-state index is 0.532. The molecule has 0 radical (unpaired) electrons. The van der Waals surface area contributed by atoms with Gasteiger partial charge in [-0.05, 0) is 31.0 Å². The van der Waals surface area contributed by atoms with Gasteiger partial charge >= 0.3 is 0 Å². The number of alkyl halides is 1. The molecule has 0 bridgehead atoms. The van der Waals surface area contributed by atoms with Crippen LogP contribution in [0, 0.1) is 0 Å². The lowest BCUT2D eigenvalue weighted by atomic mass is 10.2. The zero-order valence-corrected chi connectivity index (χ0v) is 11.6. The number of ether oxygens (including phenoxy) is 1. The smallest absolute Gasteiger partial charge is 0.129 e. The first-order valence-electron chi connectivity index (χ1n) is 6.04. The van der Waals surface area contributed by atoms with Crippen molar-refractivity contribution in [1.82, 2.24) is 4.98 Å². The Labute approximate surface area is 109 Å².